The highest BCUT2D eigenvalue weighted by molar-refractivity contribution is 9.10. The van der Waals surface area contributed by atoms with Gasteiger partial charge in [-0.15, -0.1) is 0 Å². The fourth-order valence-corrected chi connectivity index (χ4v) is 1.71. The van der Waals surface area contributed by atoms with Crippen molar-refractivity contribution in [2.75, 3.05) is 6.67 Å². The Morgan fingerprint density at radius 3 is 2.85 bits per heavy atom. The zero-order valence-corrected chi connectivity index (χ0v) is 8.81. The maximum Gasteiger partial charge on any atom is 0.0991 e. The summed E-state index contributed by atoms with van der Waals surface area (Å²) in [5.41, 5.74) is 1.42. The summed E-state index contributed by atoms with van der Waals surface area (Å²) in [6, 6.07) is 7.23. The maximum absolute atomic E-state index is 12.4. The molecule has 0 bridgehead atoms. The van der Waals surface area contributed by atoms with Crippen LogP contribution in [0.4, 0.5) is 4.39 Å². The van der Waals surface area contributed by atoms with E-state index in [1.807, 2.05) is 6.07 Å². The van der Waals surface area contributed by atoms with Crippen LogP contribution in [0.3, 0.4) is 0 Å². The molecule has 1 aromatic rings. The summed E-state index contributed by atoms with van der Waals surface area (Å²) in [5, 5.41) is 8.65. The second kappa shape index (κ2) is 4.38. The molecule has 1 rings (SSSR count). The number of nitriles is 1. The van der Waals surface area contributed by atoms with Crippen molar-refractivity contribution < 1.29 is 4.39 Å². The lowest BCUT2D eigenvalue weighted by molar-refractivity contribution is 0.446. The summed E-state index contributed by atoms with van der Waals surface area (Å²) in [7, 11) is 0. The van der Waals surface area contributed by atoms with Crippen molar-refractivity contribution in [3.05, 3.63) is 33.8 Å². The Kier molecular flexibility index (Phi) is 3.44. The molecule has 0 spiro atoms. The molecular formula is C10H9BrFN. The van der Waals surface area contributed by atoms with Crippen LogP contribution in [0.5, 0.6) is 0 Å². The fourth-order valence-electron chi connectivity index (χ4n) is 1.07. The number of hydrogen-bond acceptors (Lipinski definition) is 1. The summed E-state index contributed by atoms with van der Waals surface area (Å²) in [4.78, 5) is 0. The van der Waals surface area contributed by atoms with Gasteiger partial charge in [0.1, 0.15) is 0 Å². The van der Waals surface area contributed by atoms with Gasteiger partial charge in [0.25, 0.3) is 0 Å². The predicted molar refractivity (Wildman–Crippen MR) is 53.2 cm³/mol. The van der Waals surface area contributed by atoms with E-state index in [0.29, 0.717) is 5.56 Å². The van der Waals surface area contributed by atoms with Crippen molar-refractivity contribution in [2.45, 2.75) is 12.8 Å². The van der Waals surface area contributed by atoms with Crippen LogP contribution < -0.4 is 0 Å². The molecule has 1 atom stereocenters. The van der Waals surface area contributed by atoms with Gasteiger partial charge in [-0.1, -0.05) is 22.9 Å². The minimum absolute atomic E-state index is 0.164. The van der Waals surface area contributed by atoms with E-state index in [4.69, 9.17) is 5.26 Å². The molecule has 0 N–H and O–H groups in total. The van der Waals surface area contributed by atoms with Gasteiger partial charge >= 0.3 is 0 Å². The Balaban J connectivity index is 3.12. The molecule has 0 aromatic heterocycles. The van der Waals surface area contributed by atoms with Crippen LogP contribution in [0.1, 0.15) is 24.0 Å². The molecule has 0 fully saturated rings. The zero-order chi connectivity index (χ0) is 9.84. The Morgan fingerprint density at radius 1 is 1.62 bits per heavy atom. The third kappa shape index (κ3) is 2.28. The van der Waals surface area contributed by atoms with Crippen molar-refractivity contribution in [2.24, 2.45) is 0 Å². The first kappa shape index (κ1) is 10.2. The topological polar surface area (TPSA) is 23.8 Å². The highest BCUT2D eigenvalue weighted by Crippen LogP contribution is 2.26. The van der Waals surface area contributed by atoms with E-state index in [1.54, 1.807) is 25.1 Å². The number of alkyl halides is 1. The van der Waals surface area contributed by atoms with Gasteiger partial charge in [-0.05, 0) is 23.8 Å². The lowest BCUT2D eigenvalue weighted by Gasteiger charge is -2.09. The molecule has 0 aliphatic heterocycles. The Hall–Kier alpha value is -0.880. The average Bonchev–Trinajstić information content (AvgIpc) is 2.17. The molecule has 3 heteroatoms. The molecule has 13 heavy (non-hydrogen) atoms. The third-order valence-corrected chi connectivity index (χ3v) is 2.61. The standard InChI is InChI=1S/C10H9BrFN/c1-7(5-12)9-4-8(6-13)2-3-10(9)11/h2-4,7H,5H2,1H3. The number of rotatable bonds is 2. The quantitative estimate of drug-likeness (QED) is 0.779. The lowest BCUT2D eigenvalue weighted by Crippen LogP contribution is -1.97. The second-order valence-corrected chi connectivity index (χ2v) is 3.76. The zero-order valence-electron chi connectivity index (χ0n) is 7.22. The van der Waals surface area contributed by atoms with E-state index in [2.05, 4.69) is 15.9 Å². The first-order valence-electron chi connectivity index (χ1n) is 3.94. The smallest absolute Gasteiger partial charge is 0.0991 e. The minimum Gasteiger partial charge on any atom is -0.250 e. The van der Waals surface area contributed by atoms with Gasteiger partial charge in [0.15, 0.2) is 0 Å². The van der Waals surface area contributed by atoms with E-state index < -0.39 is 6.67 Å². The van der Waals surface area contributed by atoms with Gasteiger partial charge in [-0.2, -0.15) is 5.26 Å². The van der Waals surface area contributed by atoms with Crippen LogP contribution >= 0.6 is 15.9 Å². The molecule has 0 aliphatic rings. The van der Waals surface area contributed by atoms with Crippen molar-refractivity contribution in [3.63, 3.8) is 0 Å². The number of halogens is 2. The van der Waals surface area contributed by atoms with Gasteiger partial charge in [0.2, 0.25) is 0 Å². The van der Waals surface area contributed by atoms with E-state index >= 15 is 0 Å². The first-order valence-corrected chi connectivity index (χ1v) is 4.74. The molecule has 0 saturated heterocycles. The molecule has 1 unspecified atom stereocenters. The summed E-state index contributed by atoms with van der Waals surface area (Å²) >= 11 is 3.32. The van der Waals surface area contributed by atoms with E-state index in [1.165, 1.54) is 0 Å². The molecule has 1 aromatic carbocycles. The maximum atomic E-state index is 12.4. The fraction of sp³-hybridized carbons (Fsp3) is 0.300. The molecule has 0 heterocycles. The SMILES string of the molecule is CC(CF)c1cc(C#N)ccc1Br. The Bertz CT molecular complexity index is 343. The average molecular weight is 242 g/mol. The van der Waals surface area contributed by atoms with E-state index in [-0.39, 0.29) is 5.92 Å². The first-order chi connectivity index (χ1) is 6.19. The van der Waals surface area contributed by atoms with Crippen LogP contribution in [0.2, 0.25) is 0 Å². The Morgan fingerprint density at radius 2 is 2.31 bits per heavy atom. The van der Waals surface area contributed by atoms with Crippen LogP contribution in [0, 0.1) is 11.3 Å². The number of benzene rings is 1. The second-order valence-electron chi connectivity index (χ2n) is 2.90. The number of nitrogens with zero attached hydrogens (tertiary/aromatic N) is 1. The summed E-state index contributed by atoms with van der Waals surface area (Å²) in [6.45, 7) is 1.38. The van der Waals surface area contributed by atoms with Crippen molar-refractivity contribution in [1.29, 1.82) is 5.26 Å². The third-order valence-electron chi connectivity index (χ3n) is 1.89. The van der Waals surface area contributed by atoms with Crippen LogP contribution in [-0.4, -0.2) is 6.67 Å². The van der Waals surface area contributed by atoms with E-state index in [0.717, 1.165) is 10.0 Å². The van der Waals surface area contributed by atoms with Gasteiger partial charge in [0, 0.05) is 10.4 Å². The van der Waals surface area contributed by atoms with Crippen molar-refractivity contribution >= 4 is 15.9 Å². The van der Waals surface area contributed by atoms with Crippen molar-refractivity contribution in [1.82, 2.24) is 0 Å². The van der Waals surface area contributed by atoms with Crippen LogP contribution in [-0.2, 0) is 0 Å². The normalized spacial score (nSPS) is 12.2. The summed E-state index contributed by atoms with van der Waals surface area (Å²) in [6.07, 6.45) is 0. The van der Waals surface area contributed by atoms with Gasteiger partial charge in [-0.3, -0.25) is 4.39 Å². The van der Waals surface area contributed by atoms with Crippen LogP contribution in [0.15, 0.2) is 22.7 Å². The molecule has 0 saturated carbocycles. The van der Waals surface area contributed by atoms with Crippen LogP contribution in [0.25, 0.3) is 0 Å². The largest absolute Gasteiger partial charge is 0.250 e. The molecule has 0 radical (unpaired) electrons. The molecular weight excluding hydrogens is 233 g/mol. The lowest BCUT2D eigenvalue weighted by atomic mass is 10.0. The minimum atomic E-state index is -0.409. The highest BCUT2D eigenvalue weighted by atomic mass is 79.9. The molecule has 1 nitrogen and oxygen atoms in total. The molecule has 0 aliphatic carbocycles. The number of hydrogen-bond donors (Lipinski definition) is 0. The Labute approximate surface area is 85.3 Å². The monoisotopic (exact) mass is 241 g/mol. The molecule has 0 amide bonds. The van der Waals surface area contributed by atoms with Crippen molar-refractivity contribution in [3.8, 4) is 6.07 Å². The molecule has 68 valence electrons. The van der Waals surface area contributed by atoms with Gasteiger partial charge in [-0.25, -0.2) is 0 Å². The highest BCUT2D eigenvalue weighted by Gasteiger charge is 2.09. The summed E-state index contributed by atoms with van der Waals surface area (Å²) in [5.74, 6) is -0.164. The summed E-state index contributed by atoms with van der Waals surface area (Å²) < 4.78 is 13.2. The van der Waals surface area contributed by atoms with Gasteiger partial charge in [0.05, 0.1) is 18.3 Å². The van der Waals surface area contributed by atoms with E-state index in [9.17, 15) is 4.39 Å². The predicted octanol–water partition coefficient (Wildman–Crippen LogP) is 3.39. The van der Waals surface area contributed by atoms with Gasteiger partial charge < -0.3 is 0 Å².